The van der Waals surface area contributed by atoms with Gasteiger partial charge in [-0.25, -0.2) is 13.8 Å². The number of hydrogen-bond acceptors (Lipinski definition) is 8. The minimum Gasteiger partial charge on any atom is -0.484 e. The zero-order chi connectivity index (χ0) is 26.1. The standard InChI is InChI=1S/C23H27N5O7S/c1-36(33,34)27(19-6-5-7-20(14-19)28(31)32)16-22(29)25-24-15-18-8-10-21(11-9-18)35-17-23(30)26-12-3-2-4-13-26/h5-11,14-15H,2-4,12-13,16-17H2,1H3,(H,25,29)/b24-15-. The van der Waals surface area contributed by atoms with Gasteiger partial charge >= 0.3 is 0 Å². The van der Waals surface area contributed by atoms with Gasteiger partial charge in [0.2, 0.25) is 10.0 Å². The lowest BCUT2D eigenvalue weighted by atomic mass is 10.1. The first-order chi connectivity index (χ1) is 17.1. The summed E-state index contributed by atoms with van der Waals surface area (Å²) in [6.07, 6.45) is 5.42. The fourth-order valence-corrected chi connectivity index (χ4v) is 4.38. The van der Waals surface area contributed by atoms with Gasteiger partial charge < -0.3 is 9.64 Å². The number of carbonyl (C=O) groups excluding carboxylic acids is 2. The number of carbonyl (C=O) groups is 2. The van der Waals surface area contributed by atoms with E-state index in [9.17, 15) is 28.1 Å². The van der Waals surface area contributed by atoms with Gasteiger partial charge in [-0.2, -0.15) is 5.10 Å². The third-order valence-corrected chi connectivity index (χ3v) is 6.51. The van der Waals surface area contributed by atoms with Crippen LogP contribution in [0.2, 0.25) is 0 Å². The fourth-order valence-electron chi connectivity index (χ4n) is 3.54. The summed E-state index contributed by atoms with van der Waals surface area (Å²) in [4.78, 5) is 36.6. The minimum atomic E-state index is -3.90. The Morgan fingerprint density at radius 1 is 1.17 bits per heavy atom. The van der Waals surface area contributed by atoms with Gasteiger partial charge in [0.25, 0.3) is 17.5 Å². The molecule has 3 rings (SSSR count). The van der Waals surface area contributed by atoms with E-state index in [4.69, 9.17) is 4.74 Å². The number of benzene rings is 2. The number of likely N-dealkylation sites (tertiary alicyclic amines) is 1. The van der Waals surface area contributed by atoms with Crippen molar-refractivity contribution in [1.82, 2.24) is 10.3 Å². The summed E-state index contributed by atoms with van der Waals surface area (Å²) in [6.45, 7) is 0.868. The number of rotatable bonds is 10. The zero-order valence-electron chi connectivity index (χ0n) is 19.7. The van der Waals surface area contributed by atoms with Crippen LogP contribution in [0.4, 0.5) is 11.4 Å². The Kier molecular flexibility index (Phi) is 8.95. The molecule has 1 heterocycles. The van der Waals surface area contributed by atoms with Gasteiger partial charge in [-0.15, -0.1) is 0 Å². The van der Waals surface area contributed by atoms with E-state index in [1.54, 1.807) is 29.2 Å². The Morgan fingerprint density at radius 3 is 2.50 bits per heavy atom. The molecule has 192 valence electrons. The highest BCUT2D eigenvalue weighted by Crippen LogP contribution is 2.23. The third kappa shape index (κ3) is 7.77. The Morgan fingerprint density at radius 2 is 1.86 bits per heavy atom. The quantitative estimate of drug-likeness (QED) is 0.287. The maximum absolute atomic E-state index is 12.3. The van der Waals surface area contributed by atoms with Crippen LogP contribution < -0.4 is 14.5 Å². The number of nitrogens with one attached hydrogen (secondary N) is 1. The molecule has 1 N–H and O–H groups in total. The molecule has 0 spiro atoms. The summed E-state index contributed by atoms with van der Waals surface area (Å²) in [5, 5.41) is 14.8. The number of ether oxygens (including phenoxy) is 1. The first-order valence-corrected chi connectivity index (χ1v) is 13.0. The first kappa shape index (κ1) is 26.6. The summed E-state index contributed by atoms with van der Waals surface area (Å²) in [6, 6.07) is 11.7. The summed E-state index contributed by atoms with van der Waals surface area (Å²) < 4.78 is 30.6. The number of nitro groups is 1. The van der Waals surface area contributed by atoms with E-state index in [0.717, 1.165) is 49.0 Å². The second-order valence-electron chi connectivity index (χ2n) is 8.14. The number of anilines is 1. The van der Waals surface area contributed by atoms with E-state index < -0.39 is 27.4 Å². The highest BCUT2D eigenvalue weighted by atomic mass is 32.2. The predicted molar refractivity (Wildman–Crippen MR) is 133 cm³/mol. The maximum atomic E-state index is 12.3. The zero-order valence-corrected chi connectivity index (χ0v) is 20.5. The Labute approximate surface area is 208 Å². The van der Waals surface area contributed by atoms with Crippen LogP contribution in [0.1, 0.15) is 24.8 Å². The smallest absolute Gasteiger partial charge is 0.271 e. The van der Waals surface area contributed by atoms with Crippen LogP contribution in [0.15, 0.2) is 53.6 Å². The summed E-state index contributed by atoms with van der Waals surface area (Å²) in [5.74, 6) is -0.266. The van der Waals surface area contributed by atoms with Crippen LogP contribution in [-0.4, -0.2) is 68.8 Å². The third-order valence-electron chi connectivity index (χ3n) is 5.37. The monoisotopic (exact) mass is 517 g/mol. The molecule has 0 saturated carbocycles. The van der Waals surface area contributed by atoms with Crippen molar-refractivity contribution in [2.75, 3.05) is 36.8 Å². The van der Waals surface area contributed by atoms with Crippen molar-refractivity contribution in [3.63, 3.8) is 0 Å². The second kappa shape index (κ2) is 12.1. The minimum absolute atomic E-state index is 0.0137. The fraction of sp³-hybridized carbons (Fsp3) is 0.348. The van der Waals surface area contributed by atoms with Crippen LogP contribution in [0, 0.1) is 10.1 Å². The molecule has 0 atom stereocenters. The Hall–Kier alpha value is -4.00. The second-order valence-corrected chi connectivity index (χ2v) is 10.0. The molecular weight excluding hydrogens is 490 g/mol. The first-order valence-electron chi connectivity index (χ1n) is 11.2. The molecule has 0 aromatic heterocycles. The van der Waals surface area contributed by atoms with Crippen LogP contribution in [0.25, 0.3) is 0 Å². The highest BCUT2D eigenvalue weighted by Gasteiger charge is 2.22. The molecule has 12 nitrogen and oxygen atoms in total. The average molecular weight is 518 g/mol. The number of nitrogens with zero attached hydrogens (tertiary/aromatic N) is 4. The SMILES string of the molecule is CS(=O)(=O)N(CC(=O)N/N=C\c1ccc(OCC(=O)N2CCCCC2)cc1)c1cccc([N+](=O)[O-])c1. The topological polar surface area (TPSA) is 152 Å². The molecule has 1 saturated heterocycles. The van der Waals surface area contributed by atoms with Gasteiger partial charge in [-0.3, -0.25) is 24.0 Å². The van der Waals surface area contributed by atoms with Crippen molar-refractivity contribution in [2.45, 2.75) is 19.3 Å². The molecule has 0 bridgehead atoms. The predicted octanol–water partition coefficient (Wildman–Crippen LogP) is 1.90. The molecule has 13 heteroatoms. The summed E-state index contributed by atoms with van der Waals surface area (Å²) >= 11 is 0. The lowest BCUT2D eigenvalue weighted by molar-refractivity contribution is -0.384. The van der Waals surface area contributed by atoms with Gasteiger partial charge in [0, 0.05) is 25.2 Å². The molecule has 2 aromatic rings. The van der Waals surface area contributed by atoms with Gasteiger partial charge in [-0.1, -0.05) is 6.07 Å². The highest BCUT2D eigenvalue weighted by molar-refractivity contribution is 7.92. The van der Waals surface area contributed by atoms with Gasteiger partial charge in [0.1, 0.15) is 12.3 Å². The number of non-ortho nitro benzene ring substituents is 1. The van der Waals surface area contributed by atoms with E-state index in [-0.39, 0.29) is 23.9 Å². The summed E-state index contributed by atoms with van der Waals surface area (Å²) in [5.41, 5.74) is 2.55. The summed E-state index contributed by atoms with van der Waals surface area (Å²) in [7, 11) is -3.90. The van der Waals surface area contributed by atoms with Crippen LogP contribution in [0.3, 0.4) is 0 Å². The van der Waals surface area contributed by atoms with E-state index >= 15 is 0 Å². The average Bonchev–Trinajstić information content (AvgIpc) is 2.86. The molecule has 0 radical (unpaired) electrons. The number of hydrazone groups is 1. The van der Waals surface area contributed by atoms with Crippen LogP contribution in [0.5, 0.6) is 5.75 Å². The molecule has 2 aromatic carbocycles. The largest absolute Gasteiger partial charge is 0.484 e. The van der Waals surface area contributed by atoms with Gasteiger partial charge in [0.15, 0.2) is 6.61 Å². The van der Waals surface area contributed by atoms with E-state index in [2.05, 4.69) is 10.5 Å². The lowest BCUT2D eigenvalue weighted by Gasteiger charge is -2.26. The van der Waals surface area contributed by atoms with Crippen molar-refractivity contribution in [2.24, 2.45) is 5.10 Å². The van der Waals surface area contributed by atoms with E-state index in [1.165, 1.54) is 24.4 Å². The number of piperidine rings is 1. The molecule has 0 aliphatic carbocycles. The van der Waals surface area contributed by atoms with E-state index in [0.29, 0.717) is 11.3 Å². The molecule has 1 fully saturated rings. The lowest BCUT2D eigenvalue weighted by Crippen LogP contribution is -2.39. The van der Waals surface area contributed by atoms with Crippen molar-refractivity contribution in [3.8, 4) is 5.75 Å². The molecule has 2 amide bonds. The van der Waals surface area contributed by atoms with Crippen LogP contribution >= 0.6 is 0 Å². The Bertz CT molecular complexity index is 1230. The number of amides is 2. The van der Waals surface area contributed by atoms with Crippen molar-refractivity contribution >= 4 is 39.4 Å². The molecule has 1 aliphatic rings. The molecule has 1 aliphatic heterocycles. The van der Waals surface area contributed by atoms with Gasteiger partial charge in [-0.05, 0) is 55.2 Å². The number of nitro benzene ring substituents is 1. The maximum Gasteiger partial charge on any atom is 0.271 e. The molecule has 0 unspecified atom stereocenters. The molecular formula is C23H27N5O7S. The number of sulfonamides is 1. The normalized spacial score (nSPS) is 13.9. The van der Waals surface area contributed by atoms with Crippen molar-refractivity contribution < 1.29 is 27.7 Å². The molecule has 36 heavy (non-hydrogen) atoms. The van der Waals surface area contributed by atoms with Crippen LogP contribution in [-0.2, 0) is 19.6 Å². The number of hydrogen-bond donors (Lipinski definition) is 1. The van der Waals surface area contributed by atoms with Crippen molar-refractivity contribution in [3.05, 3.63) is 64.2 Å². The van der Waals surface area contributed by atoms with Crippen molar-refractivity contribution in [1.29, 1.82) is 0 Å². The van der Waals surface area contributed by atoms with E-state index in [1.807, 2.05) is 0 Å². The van der Waals surface area contributed by atoms with Gasteiger partial charge in [0.05, 0.1) is 23.1 Å². The Balaban J connectivity index is 1.53.